The first-order chi connectivity index (χ1) is 26.1. The van der Waals surface area contributed by atoms with E-state index in [-0.39, 0.29) is 32.7 Å². The van der Waals surface area contributed by atoms with Gasteiger partial charge < -0.3 is 0 Å². The van der Waals surface area contributed by atoms with Gasteiger partial charge in [-0.1, -0.05) is 139 Å². The Labute approximate surface area is 254 Å². The molecule has 0 saturated heterocycles. The third kappa shape index (κ3) is 3.69. The second-order valence-corrected chi connectivity index (χ2v) is 9.39. The minimum Gasteiger partial charge on any atom is -0.0616 e. The molecule has 0 aliphatic rings. The Balaban J connectivity index is 1.63. The van der Waals surface area contributed by atoms with Gasteiger partial charge in [-0.15, -0.1) is 0 Å². The van der Waals surface area contributed by atoms with Crippen LogP contribution in [0, 0.1) is 0 Å². The molecule has 0 atom stereocenters. The quantitative estimate of drug-likeness (QED) is 0.203. The van der Waals surface area contributed by atoms with Crippen molar-refractivity contribution in [2.75, 3.05) is 0 Å². The van der Waals surface area contributed by atoms with E-state index in [0.717, 1.165) is 16.3 Å². The van der Waals surface area contributed by atoms with Crippen LogP contribution in [0.4, 0.5) is 0 Å². The molecule has 0 heteroatoms. The maximum Gasteiger partial charge on any atom is 0.0636 e. The first kappa shape index (κ1) is 12.3. The summed E-state index contributed by atoms with van der Waals surface area (Å²) >= 11 is 0. The number of fused-ring (bicyclic) bond motifs is 4. The summed E-state index contributed by atoms with van der Waals surface area (Å²) in [4.78, 5) is 0. The van der Waals surface area contributed by atoms with E-state index in [1.54, 1.807) is 18.2 Å². The van der Waals surface area contributed by atoms with E-state index in [4.69, 9.17) is 12.3 Å². The highest BCUT2D eigenvalue weighted by molar-refractivity contribution is 6.21. The number of rotatable bonds is 3. The van der Waals surface area contributed by atoms with E-state index < -0.39 is 107 Å². The molecule has 0 saturated carbocycles. The van der Waals surface area contributed by atoms with E-state index in [9.17, 15) is 8.22 Å². The molecule has 8 aromatic rings. The van der Waals surface area contributed by atoms with Crippen LogP contribution in [0.3, 0.4) is 0 Å². The lowest BCUT2D eigenvalue weighted by Gasteiger charge is -2.18. The van der Waals surface area contributed by atoms with Crippen LogP contribution in [0.25, 0.3) is 76.5 Å². The van der Waals surface area contributed by atoms with Gasteiger partial charge in [0.05, 0.1) is 20.6 Å². The molecule has 0 radical (unpaired) electrons. The summed E-state index contributed by atoms with van der Waals surface area (Å²) in [5, 5.41) is 0.294. The summed E-state index contributed by atoms with van der Waals surface area (Å²) < 4.78 is 133. The molecule has 0 nitrogen and oxygen atoms in total. The van der Waals surface area contributed by atoms with Crippen molar-refractivity contribution < 1.29 is 20.6 Å². The fraction of sp³-hybridized carbons (Fsp3) is 0. The Bertz CT molecular complexity index is 2960. The van der Waals surface area contributed by atoms with Crippen molar-refractivity contribution in [3.63, 3.8) is 0 Å². The molecule has 0 bridgehead atoms. The summed E-state index contributed by atoms with van der Waals surface area (Å²) in [6.45, 7) is 0. The zero-order chi connectivity index (χ0) is 39.5. The van der Waals surface area contributed by atoms with Gasteiger partial charge in [-0.2, -0.15) is 0 Å². The van der Waals surface area contributed by atoms with Crippen molar-refractivity contribution in [1.82, 2.24) is 0 Å². The van der Waals surface area contributed by atoms with Gasteiger partial charge in [0.25, 0.3) is 0 Å². The Morgan fingerprint density at radius 3 is 1.65 bits per heavy atom. The molecule has 0 heterocycles. The van der Waals surface area contributed by atoms with Gasteiger partial charge in [-0.05, 0) is 94.6 Å². The predicted molar refractivity (Wildman–Crippen MR) is 173 cm³/mol. The van der Waals surface area contributed by atoms with E-state index in [1.165, 1.54) is 0 Å². The van der Waals surface area contributed by atoms with Crippen molar-refractivity contribution in [2.24, 2.45) is 0 Å². The number of hydrogen-bond donors (Lipinski definition) is 0. The molecule has 0 aliphatic carbocycles. The average Bonchev–Trinajstić information content (AvgIpc) is 3.19. The van der Waals surface area contributed by atoms with Crippen LogP contribution in [0.1, 0.15) is 20.6 Å². The Morgan fingerprint density at radius 2 is 0.925 bits per heavy atom. The Hall–Kier alpha value is -5.20. The summed E-state index contributed by atoms with van der Waals surface area (Å²) in [7, 11) is 0. The van der Waals surface area contributed by atoms with Crippen LogP contribution in [0.2, 0.25) is 0 Å². The molecule has 0 aliphatic heterocycles. The molecule has 186 valence electrons. The molecule has 0 unspecified atom stereocenters. The van der Waals surface area contributed by atoms with Gasteiger partial charge in [0.15, 0.2) is 0 Å². The highest BCUT2D eigenvalue weighted by Gasteiger charge is 2.17. The summed E-state index contributed by atoms with van der Waals surface area (Å²) in [6, 6.07) is 10.9. The maximum atomic E-state index is 9.37. The molecule has 0 amide bonds. The zero-order valence-corrected chi connectivity index (χ0v) is 20.9. The van der Waals surface area contributed by atoms with Gasteiger partial charge in [0, 0.05) is 0 Å². The average molecular weight is 522 g/mol. The van der Waals surface area contributed by atoms with Crippen LogP contribution in [-0.4, -0.2) is 0 Å². The first-order valence-corrected chi connectivity index (χ1v) is 12.6. The van der Waals surface area contributed by atoms with Crippen LogP contribution in [0.15, 0.2) is 157 Å². The number of hydrogen-bond acceptors (Lipinski definition) is 0. The minimum absolute atomic E-state index is 0.0576. The molecule has 0 aromatic heterocycles. The topological polar surface area (TPSA) is 0 Å². The Morgan fingerprint density at radius 1 is 0.350 bits per heavy atom. The molecule has 0 N–H and O–H groups in total. The number of benzene rings is 8. The third-order valence-electron chi connectivity index (χ3n) is 7.11. The van der Waals surface area contributed by atoms with Crippen LogP contribution in [-0.2, 0) is 0 Å². The van der Waals surface area contributed by atoms with Crippen LogP contribution in [0.5, 0.6) is 0 Å². The van der Waals surface area contributed by atoms with E-state index in [0.29, 0.717) is 11.1 Å². The molecular weight excluding hydrogens is 480 g/mol. The van der Waals surface area contributed by atoms with E-state index in [2.05, 4.69) is 0 Å². The maximum absolute atomic E-state index is 9.37. The third-order valence-corrected chi connectivity index (χ3v) is 7.11. The van der Waals surface area contributed by atoms with Crippen molar-refractivity contribution in [3.8, 4) is 33.4 Å². The largest absolute Gasteiger partial charge is 0.0636 e. The standard InChI is InChI=1S/C40H26/c1-3-12-29-24-32(22-20-27(29)10-1)31-14-9-15-33(26-31)39-35-16-5-7-18-37(35)40(38-19-8-6-17-36(38)39)34-23-21-28-11-2-4-13-30(28)25-34/h1-26H/i2D,4D,5D,6D,7D,8D,11D,13D,16D,17D,18D,19D,21D,23D,25D. The van der Waals surface area contributed by atoms with Crippen molar-refractivity contribution in [1.29, 1.82) is 0 Å². The summed E-state index contributed by atoms with van der Waals surface area (Å²) in [5.74, 6) is 0. The highest BCUT2D eigenvalue weighted by Crippen LogP contribution is 2.44. The molecule has 8 rings (SSSR count). The van der Waals surface area contributed by atoms with Gasteiger partial charge in [-0.25, -0.2) is 0 Å². The molecular formula is C40H26. The lowest BCUT2D eigenvalue weighted by Crippen LogP contribution is -1.91. The van der Waals surface area contributed by atoms with E-state index in [1.807, 2.05) is 48.5 Å². The summed E-state index contributed by atoms with van der Waals surface area (Å²) in [6.07, 6.45) is 0. The molecule has 0 fully saturated rings. The first-order valence-electron chi connectivity index (χ1n) is 20.1. The predicted octanol–water partition coefficient (Wildman–Crippen LogP) is 11.3. The van der Waals surface area contributed by atoms with Crippen molar-refractivity contribution in [2.45, 2.75) is 0 Å². The van der Waals surface area contributed by atoms with Crippen LogP contribution >= 0.6 is 0 Å². The minimum atomic E-state index is -0.726. The van der Waals surface area contributed by atoms with Crippen molar-refractivity contribution in [3.05, 3.63) is 157 Å². The lowest BCUT2D eigenvalue weighted by atomic mass is 9.85. The van der Waals surface area contributed by atoms with Gasteiger partial charge >= 0.3 is 0 Å². The fourth-order valence-corrected chi connectivity index (χ4v) is 5.29. The highest BCUT2D eigenvalue weighted by atomic mass is 14.2. The second kappa shape index (κ2) is 9.22. The van der Waals surface area contributed by atoms with Crippen LogP contribution < -0.4 is 0 Å². The molecule has 0 spiro atoms. The van der Waals surface area contributed by atoms with Gasteiger partial charge in [-0.3, -0.25) is 0 Å². The van der Waals surface area contributed by atoms with Gasteiger partial charge in [0.1, 0.15) is 0 Å². The van der Waals surface area contributed by atoms with Gasteiger partial charge in [0.2, 0.25) is 0 Å². The normalized spacial score (nSPS) is 16.8. The lowest BCUT2D eigenvalue weighted by molar-refractivity contribution is 1.63. The molecule has 8 aromatic carbocycles. The smallest absolute Gasteiger partial charge is 0.0616 e. The fourth-order valence-electron chi connectivity index (χ4n) is 5.29. The SMILES string of the molecule is [2H]c1c([2H])c([2H])c2c([2H])c(-c3c4c([2H])c([2H])c([2H])c([2H])c4c(-c4cccc(-c5ccc6ccccc6c5)c4)c4c([2H])c([2H])c([2H])c([2H])c34)c([2H])c([2H])c2c1[2H]. The summed E-state index contributed by atoms with van der Waals surface area (Å²) in [5.41, 5.74) is 1.10. The van der Waals surface area contributed by atoms with Crippen molar-refractivity contribution >= 4 is 43.1 Å². The Kier molecular flexibility index (Phi) is 2.84. The second-order valence-electron chi connectivity index (χ2n) is 9.39. The molecule has 40 heavy (non-hydrogen) atoms. The van der Waals surface area contributed by atoms with E-state index >= 15 is 0 Å². The monoisotopic (exact) mass is 521 g/mol. The zero-order valence-electron chi connectivity index (χ0n) is 35.9.